The van der Waals surface area contributed by atoms with Crippen LogP contribution in [0.4, 0.5) is 10.1 Å². The third-order valence-corrected chi connectivity index (χ3v) is 3.90. The van der Waals surface area contributed by atoms with E-state index in [2.05, 4.69) is 5.32 Å². The van der Waals surface area contributed by atoms with Gasteiger partial charge in [-0.2, -0.15) is 0 Å². The average Bonchev–Trinajstić information content (AvgIpc) is 2.48. The first-order valence-corrected chi connectivity index (χ1v) is 7.49. The maximum Gasteiger partial charge on any atom is 0.251 e. The third-order valence-electron chi connectivity index (χ3n) is 3.90. The molecule has 1 unspecified atom stereocenters. The average molecular weight is 351 g/mol. The number of anilines is 1. The van der Waals surface area contributed by atoms with Gasteiger partial charge in [0.05, 0.1) is 6.04 Å². The van der Waals surface area contributed by atoms with Crippen molar-refractivity contribution in [3.8, 4) is 5.75 Å². The highest BCUT2D eigenvalue weighted by atomic mass is 35.5. The van der Waals surface area contributed by atoms with Crippen LogP contribution < -0.4 is 15.8 Å². The molecule has 3 rings (SSSR count). The number of carbonyl (C=O) groups is 1. The highest BCUT2D eigenvalue weighted by molar-refractivity contribution is 5.94. The summed E-state index contributed by atoms with van der Waals surface area (Å²) in [7, 11) is 0. The Bertz CT molecular complexity index is 747. The standard InChI is InChI=1S/C18H19FN2O2.ClH/c1-18(2)10-15(14-9-13(20)7-8-16(14)23-18)21-17(22)11-3-5-12(19)6-4-11;/h3-9,15H,10,20H2,1-2H3,(H,21,22);1H. The summed E-state index contributed by atoms with van der Waals surface area (Å²) in [5.74, 6) is 0.104. The monoisotopic (exact) mass is 350 g/mol. The molecule has 0 saturated carbocycles. The van der Waals surface area contributed by atoms with Gasteiger partial charge in [-0.1, -0.05) is 0 Å². The molecule has 4 nitrogen and oxygen atoms in total. The smallest absolute Gasteiger partial charge is 0.251 e. The Kier molecular flexibility index (Phi) is 5.04. The zero-order valence-corrected chi connectivity index (χ0v) is 14.3. The second kappa shape index (κ2) is 6.69. The molecular formula is C18H20ClFN2O2. The molecule has 0 spiro atoms. The van der Waals surface area contributed by atoms with Crippen molar-refractivity contribution < 1.29 is 13.9 Å². The lowest BCUT2D eigenvalue weighted by Crippen LogP contribution is -2.41. The van der Waals surface area contributed by atoms with Crippen LogP contribution in [-0.2, 0) is 0 Å². The second-order valence-corrected chi connectivity index (χ2v) is 6.40. The minimum Gasteiger partial charge on any atom is -0.487 e. The van der Waals surface area contributed by atoms with Gasteiger partial charge in [-0.05, 0) is 56.3 Å². The van der Waals surface area contributed by atoms with Gasteiger partial charge in [0.25, 0.3) is 5.91 Å². The van der Waals surface area contributed by atoms with E-state index in [0.29, 0.717) is 17.7 Å². The number of nitrogen functional groups attached to an aromatic ring is 1. The number of hydrogen-bond acceptors (Lipinski definition) is 3. The fourth-order valence-electron chi connectivity index (χ4n) is 2.84. The summed E-state index contributed by atoms with van der Waals surface area (Å²) in [6.07, 6.45) is 0.621. The van der Waals surface area contributed by atoms with Crippen LogP contribution in [0.2, 0.25) is 0 Å². The van der Waals surface area contributed by atoms with Crippen LogP contribution in [0.25, 0.3) is 0 Å². The first-order valence-electron chi connectivity index (χ1n) is 7.49. The van der Waals surface area contributed by atoms with Gasteiger partial charge in [0.15, 0.2) is 0 Å². The topological polar surface area (TPSA) is 64.4 Å². The largest absolute Gasteiger partial charge is 0.487 e. The molecule has 0 fully saturated rings. The Morgan fingerprint density at radius 1 is 1.25 bits per heavy atom. The van der Waals surface area contributed by atoms with E-state index in [1.807, 2.05) is 26.0 Å². The van der Waals surface area contributed by atoms with Crippen molar-refractivity contribution in [3.05, 3.63) is 59.4 Å². The number of hydrogen-bond donors (Lipinski definition) is 2. The molecule has 0 aromatic heterocycles. The Morgan fingerprint density at radius 2 is 1.92 bits per heavy atom. The van der Waals surface area contributed by atoms with Crippen LogP contribution in [0.3, 0.4) is 0 Å². The summed E-state index contributed by atoms with van der Waals surface area (Å²) in [6, 6.07) is 10.7. The highest BCUT2D eigenvalue weighted by Gasteiger charge is 2.34. The summed E-state index contributed by atoms with van der Waals surface area (Å²) >= 11 is 0. The van der Waals surface area contributed by atoms with E-state index in [4.69, 9.17) is 10.5 Å². The second-order valence-electron chi connectivity index (χ2n) is 6.40. The Morgan fingerprint density at radius 3 is 2.58 bits per heavy atom. The van der Waals surface area contributed by atoms with E-state index in [1.54, 1.807) is 6.07 Å². The number of halogens is 2. The van der Waals surface area contributed by atoms with E-state index in [1.165, 1.54) is 24.3 Å². The molecule has 0 aliphatic carbocycles. The lowest BCUT2D eigenvalue weighted by Gasteiger charge is -2.38. The van der Waals surface area contributed by atoms with Crippen molar-refractivity contribution in [2.24, 2.45) is 0 Å². The minimum absolute atomic E-state index is 0. The van der Waals surface area contributed by atoms with Crippen LogP contribution in [0.1, 0.15) is 42.2 Å². The lowest BCUT2D eigenvalue weighted by atomic mass is 9.89. The third kappa shape index (κ3) is 3.79. The van der Waals surface area contributed by atoms with Crippen molar-refractivity contribution in [1.82, 2.24) is 5.32 Å². The number of carbonyl (C=O) groups excluding carboxylic acids is 1. The molecule has 2 aromatic carbocycles. The van der Waals surface area contributed by atoms with Gasteiger partial charge < -0.3 is 15.8 Å². The molecule has 3 N–H and O–H groups in total. The van der Waals surface area contributed by atoms with Crippen LogP contribution in [0.15, 0.2) is 42.5 Å². The predicted octanol–water partition coefficient (Wildman–Crippen LogP) is 3.86. The van der Waals surface area contributed by atoms with Crippen LogP contribution in [0.5, 0.6) is 5.75 Å². The van der Waals surface area contributed by atoms with Gasteiger partial charge in [-0.25, -0.2) is 4.39 Å². The van der Waals surface area contributed by atoms with E-state index >= 15 is 0 Å². The molecule has 1 aliphatic heterocycles. The molecule has 1 atom stereocenters. The summed E-state index contributed by atoms with van der Waals surface area (Å²) in [6.45, 7) is 3.95. The van der Waals surface area contributed by atoms with Gasteiger partial charge in [-0.15, -0.1) is 12.4 Å². The molecule has 1 amide bonds. The number of amides is 1. The number of benzene rings is 2. The number of nitrogens with two attached hydrogens (primary N) is 1. The Hall–Kier alpha value is -2.27. The van der Waals surface area contributed by atoms with Crippen molar-refractivity contribution in [3.63, 3.8) is 0 Å². The van der Waals surface area contributed by atoms with Gasteiger partial charge in [0.1, 0.15) is 17.2 Å². The van der Waals surface area contributed by atoms with Crippen molar-refractivity contribution in [2.45, 2.75) is 31.9 Å². The molecule has 0 saturated heterocycles. The van der Waals surface area contributed by atoms with Gasteiger partial charge >= 0.3 is 0 Å². The first kappa shape index (κ1) is 18.1. The van der Waals surface area contributed by atoms with Gasteiger partial charge in [0, 0.05) is 23.2 Å². The predicted molar refractivity (Wildman–Crippen MR) is 94.0 cm³/mol. The van der Waals surface area contributed by atoms with E-state index in [0.717, 1.165) is 11.3 Å². The molecule has 24 heavy (non-hydrogen) atoms. The van der Waals surface area contributed by atoms with Crippen LogP contribution >= 0.6 is 12.4 Å². The number of rotatable bonds is 2. The van der Waals surface area contributed by atoms with Crippen molar-refractivity contribution in [1.29, 1.82) is 0 Å². The number of ether oxygens (including phenoxy) is 1. The summed E-state index contributed by atoms with van der Waals surface area (Å²) in [5, 5.41) is 3.00. The quantitative estimate of drug-likeness (QED) is 0.808. The van der Waals surface area contributed by atoms with E-state index < -0.39 is 5.60 Å². The summed E-state index contributed by atoms with van der Waals surface area (Å²) in [5.41, 5.74) is 7.36. The highest BCUT2D eigenvalue weighted by Crippen LogP contribution is 2.40. The van der Waals surface area contributed by atoms with Gasteiger partial charge in [-0.3, -0.25) is 4.79 Å². The summed E-state index contributed by atoms with van der Waals surface area (Å²) < 4.78 is 18.9. The molecular weight excluding hydrogens is 331 g/mol. The normalized spacial score (nSPS) is 17.9. The van der Waals surface area contributed by atoms with Gasteiger partial charge in [0.2, 0.25) is 0 Å². The Balaban J connectivity index is 0.00000208. The van der Waals surface area contributed by atoms with Crippen LogP contribution in [-0.4, -0.2) is 11.5 Å². The fourth-order valence-corrected chi connectivity index (χ4v) is 2.84. The van der Waals surface area contributed by atoms with E-state index in [-0.39, 0.29) is 30.2 Å². The fraction of sp³-hybridized carbons (Fsp3) is 0.278. The maximum atomic E-state index is 13.0. The SMILES string of the molecule is CC1(C)CC(NC(=O)c2ccc(F)cc2)c2cc(N)ccc2O1.Cl. The Labute approximate surface area is 146 Å². The molecule has 6 heteroatoms. The first-order chi connectivity index (χ1) is 10.8. The molecule has 2 aromatic rings. The molecule has 1 heterocycles. The molecule has 128 valence electrons. The minimum atomic E-state index is -0.399. The van der Waals surface area contributed by atoms with Crippen LogP contribution in [0, 0.1) is 5.82 Å². The van der Waals surface area contributed by atoms with Crippen molar-refractivity contribution >= 4 is 24.0 Å². The van der Waals surface area contributed by atoms with E-state index in [9.17, 15) is 9.18 Å². The summed E-state index contributed by atoms with van der Waals surface area (Å²) in [4.78, 5) is 12.4. The maximum absolute atomic E-state index is 13.0. The lowest BCUT2D eigenvalue weighted by molar-refractivity contribution is 0.0620. The number of fused-ring (bicyclic) bond motifs is 1. The molecule has 0 bridgehead atoms. The van der Waals surface area contributed by atoms with Crippen molar-refractivity contribution in [2.75, 3.05) is 5.73 Å². The number of nitrogens with one attached hydrogen (secondary N) is 1. The molecule has 0 radical (unpaired) electrons. The zero-order valence-electron chi connectivity index (χ0n) is 13.5. The molecule has 1 aliphatic rings. The zero-order chi connectivity index (χ0) is 16.6.